The van der Waals surface area contributed by atoms with E-state index in [0.29, 0.717) is 6.54 Å². The van der Waals surface area contributed by atoms with Crippen LogP contribution in [-0.4, -0.2) is 16.0 Å². The molecule has 20 heavy (non-hydrogen) atoms. The molecule has 4 N–H and O–H groups in total. The zero-order chi connectivity index (χ0) is 14.4. The number of amidine groups is 1. The van der Waals surface area contributed by atoms with Crippen LogP contribution in [0, 0.1) is 0 Å². The number of hydrogen-bond acceptors (Lipinski definition) is 4. The highest BCUT2D eigenvalue weighted by Crippen LogP contribution is 2.12. The Morgan fingerprint density at radius 2 is 2.05 bits per heavy atom. The smallest absolute Gasteiger partial charge is 0.170 e. The minimum Gasteiger partial charge on any atom is -0.409 e. The molecule has 0 bridgehead atoms. The van der Waals surface area contributed by atoms with Gasteiger partial charge in [0.15, 0.2) is 5.84 Å². The fourth-order valence-electron chi connectivity index (χ4n) is 1.98. The molecule has 0 saturated heterocycles. The molecule has 0 saturated carbocycles. The second-order valence-corrected chi connectivity index (χ2v) is 4.50. The molecule has 2 aromatic rings. The largest absolute Gasteiger partial charge is 0.409 e. The van der Waals surface area contributed by atoms with Gasteiger partial charge in [-0.05, 0) is 24.6 Å². The third-order valence-electron chi connectivity index (χ3n) is 3.13. The van der Waals surface area contributed by atoms with Gasteiger partial charge in [-0.25, -0.2) is 0 Å². The van der Waals surface area contributed by atoms with E-state index < -0.39 is 0 Å². The summed E-state index contributed by atoms with van der Waals surface area (Å²) < 4.78 is 0. The molecule has 0 spiro atoms. The molecule has 0 aliphatic carbocycles. The predicted molar refractivity (Wildman–Crippen MR) is 78.4 cm³/mol. The average Bonchev–Trinajstić information content (AvgIpc) is 2.53. The lowest BCUT2D eigenvalue weighted by Gasteiger charge is -2.15. The molecule has 5 nitrogen and oxygen atoms in total. The summed E-state index contributed by atoms with van der Waals surface area (Å²) in [5, 5.41) is 15.2. The highest BCUT2D eigenvalue weighted by molar-refractivity contribution is 5.98. The zero-order valence-electron chi connectivity index (χ0n) is 11.3. The van der Waals surface area contributed by atoms with Crippen LogP contribution in [0.25, 0.3) is 0 Å². The van der Waals surface area contributed by atoms with Gasteiger partial charge < -0.3 is 16.3 Å². The number of pyridine rings is 1. The quantitative estimate of drug-likeness (QED) is 0.336. The summed E-state index contributed by atoms with van der Waals surface area (Å²) >= 11 is 0. The fraction of sp³-hybridized carbons (Fsp3) is 0.200. The Labute approximate surface area is 118 Å². The molecule has 104 valence electrons. The Kier molecular flexibility index (Phi) is 4.68. The second kappa shape index (κ2) is 6.68. The molecular formula is C15H18N4O. The van der Waals surface area contributed by atoms with Crippen molar-refractivity contribution in [2.24, 2.45) is 10.9 Å². The predicted octanol–water partition coefficient (Wildman–Crippen LogP) is 2.03. The monoisotopic (exact) mass is 270 g/mol. The minimum absolute atomic E-state index is 0.118. The lowest BCUT2D eigenvalue weighted by molar-refractivity contribution is 0.318. The Morgan fingerprint density at radius 3 is 2.75 bits per heavy atom. The molecular weight excluding hydrogens is 252 g/mol. The van der Waals surface area contributed by atoms with Crippen LogP contribution >= 0.6 is 0 Å². The molecule has 0 aliphatic rings. The molecule has 1 heterocycles. The first kappa shape index (κ1) is 14.0. The van der Waals surface area contributed by atoms with Crippen LogP contribution in [0.3, 0.4) is 0 Å². The van der Waals surface area contributed by atoms with Crippen molar-refractivity contribution >= 4 is 5.84 Å². The lowest BCUT2D eigenvalue weighted by Crippen LogP contribution is -2.22. The Bertz CT molecular complexity index is 583. The number of benzene rings is 1. The van der Waals surface area contributed by atoms with Crippen molar-refractivity contribution in [3.63, 3.8) is 0 Å². The number of nitrogens with two attached hydrogens (primary N) is 1. The van der Waals surface area contributed by atoms with E-state index in [0.717, 1.165) is 16.8 Å². The van der Waals surface area contributed by atoms with Gasteiger partial charge in [0.2, 0.25) is 0 Å². The van der Waals surface area contributed by atoms with Crippen LogP contribution in [0.5, 0.6) is 0 Å². The molecule has 0 fully saturated rings. The summed E-state index contributed by atoms with van der Waals surface area (Å²) in [6.45, 7) is 2.67. The van der Waals surface area contributed by atoms with Crippen LogP contribution < -0.4 is 11.1 Å². The van der Waals surface area contributed by atoms with Crippen LogP contribution in [0.2, 0.25) is 0 Å². The molecule has 5 heteroatoms. The summed E-state index contributed by atoms with van der Waals surface area (Å²) in [6, 6.07) is 13.5. The highest BCUT2D eigenvalue weighted by Gasteiger charge is 2.09. The Hall–Kier alpha value is -2.40. The van der Waals surface area contributed by atoms with Gasteiger partial charge in [-0.3, -0.25) is 4.98 Å². The molecule has 0 radical (unpaired) electrons. The maximum Gasteiger partial charge on any atom is 0.170 e. The number of nitrogens with one attached hydrogen (secondary N) is 1. The van der Waals surface area contributed by atoms with Gasteiger partial charge in [-0.15, -0.1) is 0 Å². The van der Waals surface area contributed by atoms with Crippen molar-refractivity contribution in [3.05, 3.63) is 65.5 Å². The standard InChI is InChI=1S/C15H18N4O/c1-11(14-8-4-5-9-17-14)18-10-12-6-2-3-7-13(12)15(16)19-20/h2-9,11,18,20H,10H2,1H3,(H2,16,19)/t11-/m1/s1. The molecule has 1 atom stereocenters. The lowest BCUT2D eigenvalue weighted by atomic mass is 10.1. The summed E-state index contributed by atoms with van der Waals surface area (Å²) in [4.78, 5) is 4.31. The number of hydrogen-bond donors (Lipinski definition) is 3. The van der Waals surface area contributed by atoms with Gasteiger partial charge >= 0.3 is 0 Å². The van der Waals surface area contributed by atoms with Crippen LogP contribution in [0.15, 0.2) is 53.8 Å². The van der Waals surface area contributed by atoms with Crippen molar-refractivity contribution in [1.29, 1.82) is 0 Å². The van der Waals surface area contributed by atoms with E-state index in [-0.39, 0.29) is 11.9 Å². The van der Waals surface area contributed by atoms with E-state index in [1.165, 1.54) is 0 Å². The molecule has 0 unspecified atom stereocenters. The number of aromatic nitrogens is 1. The second-order valence-electron chi connectivity index (χ2n) is 4.50. The van der Waals surface area contributed by atoms with E-state index in [1.807, 2.05) is 42.5 Å². The first-order valence-electron chi connectivity index (χ1n) is 6.42. The van der Waals surface area contributed by atoms with Gasteiger partial charge in [0, 0.05) is 24.3 Å². The third-order valence-corrected chi connectivity index (χ3v) is 3.13. The number of nitrogens with zero attached hydrogens (tertiary/aromatic N) is 2. The molecule has 1 aromatic carbocycles. The maximum atomic E-state index is 8.80. The average molecular weight is 270 g/mol. The summed E-state index contributed by atoms with van der Waals surface area (Å²) in [5.74, 6) is 0.118. The van der Waals surface area contributed by atoms with Gasteiger partial charge in [0.05, 0.1) is 5.69 Å². The summed E-state index contributed by atoms with van der Waals surface area (Å²) in [7, 11) is 0. The minimum atomic E-state index is 0.118. The fourth-order valence-corrected chi connectivity index (χ4v) is 1.98. The highest BCUT2D eigenvalue weighted by atomic mass is 16.4. The summed E-state index contributed by atoms with van der Waals surface area (Å²) in [6.07, 6.45) is 1.78. The molecule has 1 aromatic heterocycles. The van der Waals surface area contributed by atoms with Crippen molar-refractivity contribution in [1.82, 2.24) is 10.3 Å². The topological polar surface area (TPSA) is 83.5 Å². The maximum absolute atomic E-state index is 8.80. The molecule has 2 rings (SSSR count). The van der Waals surface area contributed by atoms with Gasteiger partial charge in [-0.2, -0.15) is 0 Å². The van der Waals surface area contributed by atoms with Gasteiger partial charge in [-0.1, -0.05) is 35.5 Å². The first-order chi connectivity index (χ1) is 9.72. The Balaban J connectivity index is 2.08. The zero-order valence-corrected chi connectivity index (χ0v) is 11.3. The van der Waals surface area contributed by atoms with E-state index >= 15 is 0 Å². The molecule has 0 aliphatic heterocycles. The SMILES string of the molecule is C[C@@H](NCc1ccccc1/C(N)=N/O)c1ccccn1. The number of oxime groups is 1. The first-order valence-corrected chi connectivity index (χ1v) is 6.42. The van der Waals surface area contributed by atoms with Crippen LogP contribution in [-0.2, 0) is 6.54 Å². The third kappa shape index (κ3) is 3.33. The molecule has 0 amide bonds. The van der Waals surface area contributed by atoms with E-state index in [4.69, 9.17) is 10.9 Å². The van der Waals surface area contributed by atoms with Gasteiger partial charge in [0.1, 0.15) is 0 Å². The van der Waals surface area contributed by atoms with Gasteiger partial charge in [0.25, 0.3) is 0 Å². The summed E-state index contributed by atoms with van der Waals surface area (Å²) in [5.41, 5.74) is 8.36. The Morgan fingerprint density at radius 1 is 1.30 bits per heavy atom. The van der Waals surface area contributed by atoms with E-state index in [1.54, 1.807) is 6.20 Å². The van der Waals surface area contributed by atoms with Crippen LogP contribution in [0.4, 0.5) is 0 Å². The van der Waals surface area contributed by atoms with Crippen molar-refractivity contribution in [3.8, 4) is 0 Å². The van der Waals surface area contributed by atoms with Crippen molar-refractivity contribution < 1.29 is 5.21 Å². The number of rotatable bonds is 5. The van der Waals surface area contributed by atoms with Crippen molar-refractivity contribution in [2.75, 3.05) is 0 Å². The normalized spacial score (nSPS) is 13.2. The van der Waals surface area contributed by atoms with E-state index in [2.05, 4.69) is 22.4 Å². The van der Waals surface area contributed by atoms with E-state index in [9.17, 15) is 0 Å². The van der Waals surface area contributed by atoms with Crippen LogP contribution in [0.1, 0.15) is 29.8 Å². The van der Waals surface area contributed by atoms with Crippen molar-refractivity contribution in [2.45, 2.75) is 19.5 Å².